The average Bonchev–Trinajstić information content (AvgIpc) is 2.41. The Morgan fingerprint density at radius 1 is 1.20 bits per heavy atom. The maximum absolute atomic E-state index is 12.5. The Kier molecular flexibility index (Phi) is 4.47. The zero-order valence-corrected chi connectivity index (χ0v) is 11.4. The first kappa shape index (κ1) is 15.0. The third-order valence-electron chi connectivity index (χ3n) is 3.76. The Balaban J connectivity index is 2.11. The van der Waals surface area contributed by atoms with E-state index in [0.29, 0.717) is 12.4 Å². The summed E-state index contributed by atoms with van der Waals surface area (Å²) in [6, 6.07) is 2.91. The van der Waals surface area contributed by atoms with E-state index in [0.717, 1.165) is 31.7 Å². The average molecular weight is 288 g/mol. The highest BCUT2D eigenvalue weighted by Gasteiger charge is 2.33. The van der Waals surface area contributed by atoms with E-state index in [2.05, 4.69) is 10.2 Å². The predicted octanol–water partition coefficient (Wildman–Crippen LogP) is 2.59. The third kappa shape index (κ3) is 3.39. The Morgan fingerprint density at radius 2 is 1.85 bits per heavy atom. The van der Waals surface area contributed by atoms with Gasteiger partial charge in [-0.2, -0.15) is 13.2 Å². The Hall–Kier alpha value is -1.37. The lowest BCUT2D eigenvalue weighted by Crippen LogP contribution is -2.41. The van der Waals surface area contributed by atoms with E-state index in [1.165, 1.54) is 6.07 Å². The van der Waals surface area contributed by atoms with Crippen LogP contribution in [0.15, 0.2) is 12.1 Å². The number of hydrogen-bond acceptors (Lipinski definition) is 4. The number of aromatic nitrogens is 2. The zero-order valence-electron chi connectivity index (χ0n) is 11.4. The molecule has 4 nitrogen and oxygen atoms in total. The lowest BCUT2D eigenvalue weighted by atomic mass is 9.91. The normalized spacial score (nSPS) is 23.6. The highest BCUT2D eigenvalue weighted by Crippen LogP contribution is 2.29. The fourth-order valence-electron chi connectivity index (χ4n) is 2.65. The lowest BCUT2D eigenvalue weighted by molar-refractivity contribution is -0.141. The van der Waals surface area contributed by atoms with Crippen molar-refractivity contribution in [3.8, 4) is 0 Å². The summed E-state index contributed by atoms with van der Waals surface area (Å²) >= 11 is 0. The fraction of sp³-hybridized carbons (Fsp3) is 0.692. The molecule has 112 valence electrons. The van der Waals surface area contributed by atoms with Crippen molar-refractivity contribution in [1.82, 2.24) is 10.2 Å². The highest BCUT2D eigenvalue weighted by atomic mass is 19.4. The van der Waals surface area contributed by atoms with E-state index >= 15 is 0 Å². The number of nitrogens with two attached hydrogens (primary N) is 1. The summed E-state index contributed by atoms with van der Waals surface area (Å²) in [5.41, 5.74) is 4.92. The summed E-state index contributed by atoms with van der Waals surface area (Å²) < 4.78 is 37.4. The summed E-state index contributed by atoms with van der Waals surface area (Å²) in [5.74, 6) is 0.501. The van der Waals surface area contributed by atoms with Gasteiger partial charge >= 0.3 is 6.18 Å². The van der Waals surface area contributed by atoms with E-state index in [9.17, 15) is 13.2 Å². The van der Waals surface area contributed by atoms with Gasteiger partial charge in [0.1, 0.15) is 0 Å². The van der Waals surface area contributed by atoms with Gasteiger partial charge < -0.3 is 10.6 Å². The molecule has 1 fully saturated rings. The molecule has 1 aromatic rings. The molecule has 1 saturated carbocycles. The molecule has 0 aliphatic heterocycles. The number of rotatable bonds is 3. The Bertz CT molecular complexity index is 424. The molecule has 7 heteroatoms. The molecular formula is C13H19F3N4. The minimum Gasteiger partial charge on any atom is -0.352 e. The van der Waals surface area contributed by atoms with Gasteiger partial charge in [-0.1, -0.05) is 0 Å². The van der Waals surface area contributed by atoms with E-state index in [-0.39, 0.29) is 12.1 Å². The van der Waals surface area contributed by atoms with Crippen molar-refractivity contribution < 1.29 is 13.2 Å². The minimum absolute atomic E-state index is 0.239. The van der Waals surface area contributed by atoms with Crippen molar-refractivity contribution in [2.75, 3.05) is 11.4 Å². The molecule has 20 heavy (non-hydrogen) atoms. The fourth-order valence-corrected chi connectivity index (χ4v) is 2.65. The van der Waals surface area contributed by atoms with Crippen LogP contribution in [-0.4, -0.2) is 28.8 Å². The monoisotopic (exact) mass is 288 g/mol. The van der Waals surface area contributed by atoms with Gasteiger partial charge in [0.05, 0.1) is 0 Å². The molecule has 0 amide bonds. The molecule has 2 rings (SSSR count). The van der Waals surface area contributed by atoms with Gasteiger partial charge in [-0.3, -0.25) is 0 Å². The molecular weight excluding hydrogens is 269 g/mol. The summed E-state index contributed by atoms with van der Waals surface area (Å²) in [4.78, 5) is 2.01. The van der Waals surface area contributed by atoms with Crippen LogP contribution >= 0.6 is 0 Å². The smallest absolute Gasteiger partial charge is 0.352 e. The minimum atomic E-state index is -4.44. The van der Waals surface area contributed by atoms with Crippen LogP contribution in [0.5, 0.6) is 0 Å². The molecule has 0 radical (unpaired) electrons. The van der Waals surface area contributed by atoms with Crippen LogP contribution in [0.1, 0.15) is 38.3 Å². The summed E-state index contributed by atoms with van der Waals surface area (Å²) in [6.45, 7) is 2.66. The van der Waals surface area contributed by atoms with Crippen molar-refractivity contribution in [2.24, 2.45) is 5.73 Å². The number of hydrogen-bond donors (Lipinski definition) is 1. The van der Waals surface area contributed by atoms with E-state index in [1.807, 2.05) is 11.8 Å². The molecule has 1 aliphatic carbocycles. The molecule has 0 aromatic carbocycles. The first-order valence-corrected chi connectivity index (χ1v) is 6.85. The van der Waals surface area contributed by atoms with Gasteiger partial charge in [0.15, 0.2) is 11.5 Å². The van der Waals surface area contributed by atoms with Crippen LogP contribution in [0.25, 0.3) is 0 Å². The summed E-state index contributed by atoms with van der Waals surface area (Å²) in [5, 5.41) is 7.02. The van der Waals surface area contributed by atoms with E-state index in [4.69, 9.17) is 5.73 Å². The van der Waals surface area contributed by atoms with Crippen LogP contribution in [0.2, 0.25) is 0 Å². The summed E-state index contributed by atoms with van der Waals surface area (Å²) in [6.07, 6.45) is -0.680. The molecule has 1 aromatic heterocycles. The second-order valence-electron chi connectivity index (χ2n) is 5.13. The molecule has 1 aliphatic rings. The Labute approximate surface area is 116 Å². The number of halogens is 3. The molecule has 0 bridgehead atoms. The van der Waals surface area contributed by atoms with Crippen LogP contribution in [0.3, 0.4) is 0 Å². The largest absolute Gasteiger partial charge is 0.435 e. The maximum atomic E-state index is 12.5. The van der Waals surface area contributed by atoms with Gasteiger partial charge in [-0.25, -0.2) is 0 Å². The maximum Gasteiger partial charge on any atom is 0.435 e. The molecule has 1 heterocycles. The number of alkyl halides is 3. The quantitative estimate of drug-likeness (QED) is 0.929. The van der Waals surface area contributed by atoms with Crippen molar-refractivity contribution in [2.45, 2.75) is 50.9 Å². The van der Waals surface area contributed by atoms with Gasteiger partial charge in [0, 0.05) is 18.6 Å². The van der Waals surface area contributed by atoms with Gasteiger partial charge in [-0.05, 0) is 44.7 Å². The van der Waals surface area contributed by atoms with Gasteiger partial charge in [0.25, 0.3) is 0 Å². The second-order valence-corrected chi connectivity index (χ2v) is 5.13. The van der Waals surface area contributed by atoms with Crippen molar-refractivity contribution in [1.29, 1.82) is 0 Å². The van der Waals surface area contributed by atoms with Crippen molar-refractivity contribution in [3.63, 3.8) is 0 Å². The van der Waals surface area contributed by atoms with Crippen LogP contribution in [0, 0.1) is 0 Å². The predicted molar refractivity (Wildman–Crippen MR) is 70.3 cm³/mol. The molecule has 2 N–H and O–H groups in total. The van der Waals surface area contributed by atoms with E-state index in [1.54, 1.807) is 0 Å². The van der Waals surface area contributed by atoms with Crippen LogP contribution in [-0.2, 0) is 6.18 Å². The topological polar surface area (TPSA) is 55.0 Å². The standard InChI is InChI=1S/C13H19F3N4/c1-2-20(10-5-3-9(17)4-6-10)12-8-7-11(18-19-12)13(14,15)16/h7-10H,2-6,17H2,1H3. The van der Waals surface area contributed by atoms with E-state index < -0.39 is 11.9 Å². The molecule has 0 spiro atoms. The van der Waals surface area contributed by atoms with Crippen molar-refractivity contribution in [3.05, 3.63) is 17.8 Å². The molecule has 0 saturated heterocycles. The second kappa shape index (κ2) is 5.95. The highest BCUT2D eigenvalue weighted by molar-refractivity contribution is 5.39. The summed E-state index contributed by atoms with van der Waals surface area (Å²) in [7, 11) is 0. The molecule has 0 atom stereocenters. The third-order valence-corrected chi connectivity index (χ3v) is 3.76. The van der Waals surface area contributed by atoms with Gasteiger partial charge in [-0.15, -0.1) is 10.2 Å². The Morgan fingerprint density at radius 3 is 2.30 bits per heavy atom. The lowest BCUT2D eigenvalue weighted by Gasteiger charge is -2.36. The zero-order chi connectivity index (χ0) is 14.8. The molecule has 0 unspecified atom stereocenters. The first-order valence-electron chi connectivity index (χ1n) is 6.85. The van der Waals surface area contributed by atoms with Crippen molar-refractivity contribution >= 4 is 5.82 Å². The van der Waals surface area contributed by atoms with Crippen LogP contribution in [0.4, 0.5) is 19.0 Å². The number of anilines is 1. The first-order chi connectivity index (χ1) is 9.41. The number of nitrogens with zero attached hydrogens (tertiary/aromatic N) is 3. The SMILES string of the molecule is CCN(c1ccc(C(F)(F)F)nn1)C1CCC(N)CC1. The van der Waals surface area contributed by atoms with Crippen LogP contribution < -0.4 is 10.6 Å². The van der Waals surface area contributed by atoms with Gasteiger partial charge in [0.2, 0.25) is 0 Å².